The lowest BCUT2D eigenvalue weighted by Crippen LogP contribution is -2.20. The summed E-state index contributed by atoms with van der Waals surface area (Å²) < 4.78 is 40.9. The number of hydrogen-bond acceptors (Lipinski definition) is 4. The van der Waals surface area contributed by atoms with Crippen LogP contribution in [0.25, 0.3) is 0 Å². The Kier molecular flexibility index (Phi) is 4.53. The Labute approximate surface area is 109 Å². The first-order valence-corrected chi connectivity index (χ1v) is 5.46. The molecule has 0 bridgehead atoms. The molecule has 0 amide bonds. The molecule has 0 aliphatic heterocycles. The monoisotopic (exact) mass is 357 g/mol. The van der Waals surface area contributed by atoms with Crippen LogP contribution in [0.2, 0.25) is 0 Å². The Morgan fingerprint density at radius 2 is 2.18 bits per heavy atom. The van der Waals surface area contributed by atoms with Crippen LogP contribution in [-0.4, -0.2) is 11.3 Å². The van der Waals surface area contributed by atoms with E-state index < -0.39 is 12.1 Å². The molecule has 2 N–H and O–H groups in total. The molecule has 1 heterocycles. The molecule has 0 saturated carbocycles. The van der Waals surface area contributed by atoms with Gasteiger partial charge in [0.1, 0.15) is 3.70 Å². The number of nitrogens with zero attached hydrogens (tertiary/aromatic N) is 2. The largest absolute Gasteiger partial charge is 0.573 e. The number of nitriles is 1. The van der Waals surface area contributed by atoms with Gasteiger partial charge in [0.05, 0.1) is 18.2 Å². The van der Waals surface area contributed by atoms with Crippen molar-refractivity contribution in [2.75, 3.05) is 0 Å². The van der Waals surface area contributed by atoms with Crippen molar-refractivity contribution in [3.8, 4) is 11.8 Å². The van der Waals surface area contributed by atoms with Gasteiger partial charge in [0, 0.05) is 12.1 Å². The fourth-order valence-corrected chi connectivity index (χ4v) is 1.87. The minimum atomic E-state index is -4.83. The van der Waals surface area contributed by atoms with Crippen LogP contribution in [0, 0.1) is 15.0 Å². The summed E-state index contributed by atoms with van der Waals surface area (Å²) in [6.07, 6.45) is -5.03. The first-order valence-electron chi connectivity index (χ1n) is 4.38. The zero-order valence-corrected chi connectivity index (χ0v) is 10.5. The van der Waals surface area contributed by atoms with Gasteiger partial charge in [0.2, 0.25) is 0 Å². The Balaban J connectivity index is 3.27. The zero-order chi connectivity index (χ0) is 13.1. The van der Waals surface area contributed by atoms with Gasteiger partial charge in [0.25, 0.3) is 0 Å². The summed E-state index contributed by atoms with van der Waals surface area (Å²) in [4.78, 5) is 3.85. The minimum absolute atomic E-state index is 0.0144. The average molecular weight is 357 g/mol. The highest BCUT2D eigenvalue weighted by molar-refractivity contribution is 14.1. The molecule has 0 unspecified atom stereocenters. The standard InChI is InChI=1S/C9H7F3IN3O/c10-9(11,12)17-8-5(1-2-14)3-7(13)16-6(8)4-15/h3H,1,4,15H2. The SMILES string of the molecule is N#CCc1cc(I)nc(CN)c1OC(F)(F)F. The van der Waals surface area contributed by atoms with Crippen LogP contribution in [0.5, 0.6) is 5.75 Å². The van der Waals surface area contributed by atoms with Crippen molar-refractivity contribution in [1.29, 1.82) is 5.26 Å². The van der Waals surface area contributed by atoms with E-state index in [9.17, 15) is 13.2 Å². The lowest BCUT2D eigenvalue weighted by Gasteiger charge is -2.15. The molecule has 8 heteroatoms. The van der Waals surface area contributed by atoms with E-state index >= 15 is 0 Å². The number of ether oxygens (including phenoxy) is 1. The maximum atomic E-state index is 12.2. The van der Waals surface area contributed by atoms with E-state index in [0.717, 1.165) is 0 Å². The molecule has 1 rings (SSSR count). The van der Waals surface area contributed by atoms with Gasteiger partial charge in [-0.1, -0.05) is 0 Å². The summed E-state index contributed by atoms with van der Waals surface area (Å²) in [5, 5.41) is 8.56. The third-order valence-corrected chi connectivity index (χ3v) is 2.32. The molecule has 0 aromatic carbocycles. The number of pyridine rings is 1. The molecule has 1 aromatic rings. The molecule has 0 aliphatic rings. The van der Waals surface area contributed by atoms with Gasteiger partial charge < -0.3 is 10.5 Å². The smallest absolute Gasteiger partial charge is 0.403 e. The summed E-state index contributed by atoms with van der Waals surface area (Å²) in [7, 11) is 0. The van der Waals surface area contributed by atoms with Crippen LogP contribution >= 0.6 is 22.6 Å². The number of aromatic nitrogens is 1. The van der Waals surface area contributed by atoms with Crippen molar-refractivity contribution < 1.29 is 17.9 Å². The topological polar surface area (TPSA) is 71.9 Å². The Morgan fingerprint density at radius 3 is 2.65 bits per heavy atom. The quantitative estimate of drug-likeness (QED) is 0.665. The van der Waals surface area contributed by atoms with Gasteiger partial charge in [-0.15, -0.1) is 13.2 Å². The number of halogens is 4. The third kappa shape index (κ3) is 4.01. The van der Waals surface area contributed by atoms with Gasteiger partial charge in [-0.2, -0.15) is 5.26 Å². The van der Waals surface area contributed by atoms with Gasteiger partial charge >= 0.3 is 6.36 Å². The highest BCUT2D eigenvalue weighted by atomic mass is 127. The highest BCUT2D eigenvalue weighted by Gasteiger charge is 2.33. The van der Waals surface area contributed by atoms with E-state index in [0.29, 0.717) is 3.70 Å². The molecule has 1 aromatic heterocycles. The van der Waals surface area contributed by atoms with Crippen molar-refractivity contribution in [2.24, 2.45) is 5.73 Å². The molecule has 17 heavy (non-hydrogen) atoms. The summed E-state index contributed by atoms with van der Waals surface area (Å²) >= 11 is 1.84. The molecule has 0 atom stereocenters. The first kappa shape index (κ1) is 14.0. The van der Waals surface area contributed by atoms with Crippen LogP contribution in [0.3, 0.4) is 0 Å². The summed E-state index contributed by atoms with van der Waals surface area (Å²) in [6.45, 7) is -0.194. The van der Waals surface area contributed by atoms with E-state index in [1.165, 1.54) is 6.07 Å². The number of nitrogens with two attached hydrogens (primary N) is 1. The number of rotatable bonds is 3. The maximum Gasteiger partial charge on any atom is 0.573 e. The van der Waals surface area contributed by atoms with Gasteiger partial charge in [-0.05, 0) is 28.7 Å². The van der Waals surface area contributed by atoms with Crippen molar-refractivity contribution in [2.45, 2.75) is 19.3 Å². The molecule has 0 spiro atoms. The molecule has 92 valence electrons. The van der Waals surface area contributed by atoms with Crippen LogP contribution in [0.1, 0.15) is 11.3 Å². The van der Waals surface area contributed by atoms with Crippen LogP contribution < -0.4 is 10.5 Å². The van der Waals surface area contributed by atoms with E-state index in [1.54, 1.807) is 6.07 Å². The van der Waals surface area contributed by atoms with E-state index in [-0.39, 0.29) is 24.2 Å². The van der Waals surface area contributed by atoms with Crippen molar-refractivity contribution in [1.82, 2.24) is 4.98 Å². The van der Waals surface area contributed by atoms with Gasteiger partial charge in [-0.25, -0.2) is 4.98 Å². The summed E-state index contributed by atoms with van der Waals surface area (Å²) in [5.74, 6) is -0.470. The Morgan fingerprint density at radius 1 is 1.53 bits per heavy atom. The van der Waals surface area contributed by atoms with Crippen LogP contribution in [0.4, 0.5) is 13.2 Å². The van der Waals surface area contributed by atoms with Crippen LogP contribution in [-0.2, 0) is 13.0 Å². The van der Waals surface area contributed by atoms with Crippen molar-refractivity contribution in [3.63, 3.8) is 0 Å². The Hall–Kier alpha value is -1.08. The fraction of sp³-hybridized carbons (Fsp3) is 0.333. The summed E-state index contributed by atoms with van der Waals surface area (Å²) in [6, 6.07) is 3.13. The van der Waals surface area contributed by atoms with Crippen molar-refractivity contribution in [3.05, 3.63) is 21.0 Å². The molecular formula is C9H7F3IN3O. The molecule has 0 saturated heterocycles. The van der Waals surface area contributed by atoms with E-state index in [4.69, 9.17) is 11.0 Å². The lowest BCUT2D eigenvalue weighted by atomic mass is 10.1. The molecule has 0 fully saturated rings. The van der Waals surface area contributed by atoms with Gasteiger partial charge in [-0.3, -0.25) is 0 Å². The second kappa shape index (κ2) is 5.50. The number of alkyl halides is 3. The second-order valence-electron chi connectivity index (χ2n) is 2.97. The zero-order valence-electron chi connectivity index (χ0n) is 8.38. The third-order valence-electron chi connectivity index (χ3n) is 1.77. The molecule has 4 nitrogen and oxygen atoms in total. The lowest BCUT2D eigenvalue weighted by molar-refractivity contribution is -0.275. The average Bonchev–Trinajstić information content (AvgIpc) is 2.20. The fourth-order valence-electron chi connectivity index (χ4n) is 1.20. The van der Waals surface area contributed by atoms with Gasteiger partial charge in [0.15, 0.2) is 5.75 Å². The minimum Gasteiger partial charge on any atom is -0.403 e. The van der Waals surface area contributed by atoms with E-state index in [1.807, 2.05) is 22.6 Å². The maximum absolute atomic E-state index is 12.2. The van der Waals surface area contributed by atoms with E-state index in [2.05, 4.69) is 9.72 Å². The predicted molar refractivity (Wildman–Crippen MR) is 60.8 cm³/mol. The highest BCUT2D eigenvalue weighted by Crippen LogP contribution is 2.30. The van der Waals surface area contributed by atoms with Crippen LogP contribution in [0.15, 0.2) is 6.07 Å². The van der Waals surface area contributed by atoms with Crippen molar-refractivity contribution >= 4 is 22.6 Å². The molecule has 0 aliphatic carbocycles. The first-order chi connectivity index (χ1) is 7.87. The second-order valence-corrected chi connectivity index (χ2v) is 4.07. The summed E-state index contributed by atoms with van der Waals surface area (Å²) in [5.41, 5.74) is 5.42. The molecular weight excluding hydrogens is 350 g/mol. The normalized spacial score (nSPS) is 11.1. The molecule has 0 radical (unpaired) electrons. The predicted octanol–water partition coefficient (Wildman–Crippen LogP) is 2.11. The number of hydrogen-bond donors (Lipinski definition) is 1. The Bertz CT molecular complexity index is 456.